The van der Waals surface area contributed by atoms with Crippen molar-refractivity contribution in [3.8, 4) is 5.75 Å². The fraction of sp³-hybridized carbons (Fsp3) is 0.550. The molecule has 0 saturated heterocycles. The molecule has 0 aliphatic carbocycles. The van der Waals surface area contributed by atoms with E-state index in [0.29, 0.717) is 12.5 Å². The Morgan fingerprint density at radius 1 is 1.27 bits per heavy atom. The predicted octanol–water partition coefficient (Wildman–Crippen LogP) is 3.13. The molecule has 26 heavy (non-hydrogen) atoms. The maximum absolute atomic E-state index is 12.1. The molecule has 2 aromatic rings. The normalized spacial score (nSPS) is 14.0. The quantitative estimate of drug-likeness (QED) is 0.863. The topological polar surface area (TPSA) is 69.0 Å². The first-order chi connectivity index (χ1) is 12.5. The number of fused-ring (bicyclic) bond motifs is 1. The highest BCUT2D eigenvalue weighted by molar-refractivity contribution is 5.77. The van der Waals surface area contributed by atoms with Crippen LogP contribution in [-0.4, -0.2) is 27.3 Å². The molecule has 1 aliphatic rings. The minimum Gasteiger partial charge on any atom is -0.484 e. The van der Waals surface area contributed by atoms with E-state index in [9.17, 15) is 4.79 Å². The number of carbonyl (C=O) groups excluding carboxylic acids is 1. The van der Waals surface area contributed by atoms with Gasteiger partial charge in [-0.25, -0.2) is 0 Å². The van der Waals surface area contributed by atoms with Crippen LogP contribution in [0.2, 0.25) is 0 Å². The van der Waals surface area contributed by atoms with Crippen molar-refractivity contribution in [3.05, 3.63) is 41.0 Å². The monoisotopic (exact) mass is 356 g/mol. The molecule has 1 aromatic carbocycles. The zero-order chi connectivity index (χ0) is 18.5. The van der Waals surface area contributed by atoms with Gasteiger partial charge in [0.2, 0.25) is 0 Å². The summed E-state index contributed by atoms with van der Waals surface area (Å²) >= 11 is 0. The van der Waals surface area contributed by atoms with Gasteiger partial charge in [0.25, 0.3) is 5.91 Å². The Morgan fingerprint density at radius 3 is 2.88 bits per heavy atom. The molecule has 2 heterocycles. The predicted molar refractivity (Wildman–Crippen MR) is 100 cm³/mol. The average molecular weight is 356 g/mol. The molecule has 1 aromatic heterocycles. The fourth-order valence-corrected chi connectivity index (χ4v) is 3.44. The van der Waals surface area contributed by atoms with Crippen molar-refractivity contribution in [3.63, 3.8) is 0 Å². The van der Waals surface area contributed by atoms with Gasteiger partial charge in [0.05, 0.1) is 6.54 Å². The summed E-state index contributed by atoms with van der Waals surface area (Å²) in [5.74, 6) is 2.90. The van der Waals surface area contributed by atoms with Gasteiger partial charge >= 0.3 is 0 Å². The third kappa shape index (κ3) is 4.42. The lowest BCUT2D eigenvalue weighted by atomic mass is 9.98. The second-order valence-electron chi connectivity index (χ2n) is 7.23. The molecule has 1 amide bonds. The second kappa shape index (κ2) is 8.34. The van der Waals surface area contributed by atoms with Gasteiger partial charge in [-0.2, -0.15) is 0 Å². The molecule has 6 heteroatoms. The molecule has 1 aliphatic heterocycles. The van der Waals surface area contributed by atoms with Crippen molar-refractivity contribution in [2.45, 2.75) is 65.5 Å². The Hall–Kier alpha value is -2.37. The van der Waals surface area contributed by atoms with Crippen LogP contribution in [0.25, 0.3) is 0 Å². The molecule has 0 spiro atoms. The molecule has 0 fully saturated rings. The second-order valence-corrected chi connectivity index (χ2v) is 7.23. The maximum atomic E-state index is 12.1. The van der Waals surface area contributed by atoms with E-state index < -0.39 is 0 Å². The van der Waals surface area contributed by atoms with Gasteiger partial charge in [0.1, 0.15) is 11.6 Å². The number of nitrogens with zero attached hydrogens (tertiary/aromatic N) is 3. The molecular formula is C20H28N4O2. The Kier molecular flexibility index (Phi) is 5.91. The summed E-state index contributed by atoms with van der Waals surface area (Å²) < 4.78 is 7.77. The molecule has 0 bridgehead atoms. The summed E-state index contributed by atoms with van der Waals surface area (Å²) in [5, 5.41) is 11.4. The van der Waals surface area contributed by atoms with Crippen LogP contribution in [-0.2, 0) is 24.3 Å². The average Bonchev–Trinajstić information content (AvgIpc) is 2.84. The van der Waals surface area contributed by atoms with Gasteiger partial charge in [0.15, 0.2) is 12.4 Å². The summed E-state index contributed by atoms with van der Waals surface area (Å²) in [4.78, 5) is 12.1. The van der Waals surface area contributed by atoms with Crippen LogP contribution < -0.4 is 10.1 Å². The molecule has 0 radical (unpaired) electrons. The number of carbonyl (C=O) groups is 1. The van der Waals surface area contributed by atoms with Crippen LogP contribution in [0.3, 0.4) is 0 Å². The Balaban J connectivity index is 1.51. The molecular weight excluding hydrogens is 328 g/mol. The SMILES string of the molecule is Cc1cc(OCC(=O)NCc2nnc3n2CCCCC3)ccc1C(C)C. The third-order valence-electron chi connectivity index (χ3n) is 4.86. The van der Waals surface area contributed by atoms with Gasteiger partial charge in [-0.3, -0.25) is 4.79 Å². The van der Waals surface area contributed by atoms with Gasteiger partial charge < -0.3 is 14.6 Å². The zero-order valence-corrected chi connectivity index (χ0v) is 15.9. The number of ether oxygens (including phenoxy) is 1. The van der Waals surface area contributed by atoms with Crippen molar-refractivity contribution in [2.75, 3.05) is 6.61 Å². The van der Waals surface area contributed by atoms with E-state index in [4.69, 9.17) is 4.74 Å². The van der Waals surface area contributed by atoms with E-state index in [-0.39, 0.29) is 12.5 Å². The highest BCUT2D eigenvalue weighted by atomic mass is 16.5. The standard InChI is InChI=1S/C20H28N4O2/c1-14(2)17-9-8-16(11-15(17)3)26-13-20(25)21-12-19-23-22-18-7-5-4-6-10-24(18)19/h8-9,11,14H,4-7,10,12-13H2,1-3H3,(H,21,25). The van der Waals surface area contributed by atoms with E-state index in [1.165, 1.54) is 17.5 Å². The van der Waals surface area contributed by atoms with Crippen LogP contribution in [0, 0.1) is 6.92 Å². The van der Waals surface area contributed by atoms with Crippen molar-refractivity contribution >= 4 is 5.91 Å². The number of rotatable bonds is 6. The molecule has 6 nitrogen and oxygen atoms in total. The van der Waals surface area contributed by atoms with Crippen molar-refractivity contribution in [1.82, 2.24) is 20.1 Å². The number of nitrogens with one attached hydrogen (secondary N) is 1. The molecule has 3 rings (SSSR count). The summed E-state index contributed by atoms with van der Waals surface area (Å²) in [5.41, 5.74) is 2.48. The largest absolute Gasteiger partial charge is 0.484 e. The third-order valence-corrected chi connectivity index (χ3v) is 4.86. The van der Waals surface area contributed by atoms with E-state index in [2.05, 4.69) is 46.9 Å². The lowest BCUT2D eigenvalue weighted by molar-refractivity contribution is -0.123. The van der Waals surface area contributed by atoms with E-state index in [1.54, 1.807) is 0 Å². The number of benzene rings is 1. The van der Waals surface area contributed by atoms with Gasteiger partial charge in [-0.15, -0.1) is 10.2 Å². The molecule has 0 atom stereocenters. The first-order valence-electron chi connectivity index (χ1n) is 9.45. The number of aromatic nitrogens is 3. The van der Waals surface area contributed by atoms with E-state index in [1.807, 2.05) is 12.1 Å². The summed E-state index contributed by atoms with van der Waals surface area (Å²) in [6.07, 6.45) is 4.49. The lowest BCUT2D eigenvalue weighted by Crippen LogP contribution is -2.29. The zero-order valence-electron chi connectivity index (χ0n) is 15.9. The summed E-state index contributed by atoms with van der Waals surface area (Å²) in [7, 11) is 0. The number of aryl methyl sites for hydroxylation is 2. The molecule has 0 unspecified atom stereocenters. The van der Waals surface area contributed by atoms with Crippen LogP contribution in [0.4, 0.5) is 0 Å². The number of amides is 1. The Labute approximate surface area is 155 Å². The first-order valence-corrected chi connectivity index (χ1v) is 9.45. The van der Waals surface area contributed by atoms with E-state index >= 15 is 0 Å². The van der Waals surface area contributed by atoms with E-state index in [0.717, 1.165) is 43.2 Å². The van der Waals surface area contributed by atoms with Crippen LogP contribution >= 0.6 is 0 Å². The first kappa shape index (κ1) is 18.4. The van der Waals surface area contributed by atoms with Crippen LogP contribution in [0.1, 0.15) is 61.8 Å². The van der Waals surface area contributed by atoms with Crippen LogP contribution in [0.5, 0.6) is 5.75 Å². The molecule has 1 N–H and O–H groups in total. The Morgan fingerprint density at radius 2 is 2.12 bits per heavy atom. The highest BCUT2D eigenvalue weighted by Crippen LogP contribution is 2.23. The van der Waals surface area contributed by atoms with Crippen LogP contribution in [0.15, 0.2) is 18.2 Å². The maximum Gasteiger partial charge on any atom is 0.258 e. The fourth-order valence-electron chi connectivity index (χ4n) is 3.44. The molecule has 0 saturated carbocycles. The van der Waals surface area contributed by atoms with Gasteiger partial charge in [-0.05, 0) is 48.9 Å². The number of hydrogen-bond donors (Lipinski definition) is 1. The van der Waals surface area contributed by atoms with Gasteiger partial charge in [0, 0.05) is 13.0 Å². The highest BCUT2D eigenvalue weighted by Gasteiger charge is 2.15. The number of hydrogen-bond acceptors (Lipinski definition) is 4. The van der Waals surface area contributed by atoms with Crippen molar-refractivity contribution < 1.29 is 9.53 Å². The lowest BCUT2D eigenvalue weighted by Gasteiger charge is -2.12. The summed E-state index contributed by atoms with van der Waals surface area (Å²) in [6.45, 7) is 7.73. The smallest absolute Gasteiger partial charge is 0.258 e. The minimum atomic E-state index is -0.151. The van der Waals surface area contributed by atoms with Gasteiger partial charge in [-0.1, -0.05) is 26.3 Å². The van der Waals surface area contributed by atoms with Crippen molar-refractivity contribution in [2.24, 2.45) is 0 Å². The van der Waals surface area contributed by atoms with Crippen molar-refractivity contribution in [1.29, 1.82) is 0 Å². The Bertz CT molecular complexity index is 767. The summed E-state index contributed by atoms with van der Waals surface area (Å²) in [6, 6.07) is 5.98. The molecule has 140 valence electrons. The minimum absolute atomic E-state index is 0.00145.